The molecular formula is C28H38N8. The predicted molar refractivity (Wildman–Crippen MR) is 141 cm³/mol. The Morgan fingerprint density at radius 3 is 2.56 bits per heavy atom. The van der Waals surface area contributed by atoms with Crippen LogP contribution < -0.4 is 0 Å². The highest BCUT2D eigenvalue weighted by atomic mass is 15.5. The quantitative estimate of drug-likeness (QED) is 0.288. The molecule has 190 valence electrons. The first kappa shape index (κ1) is 24.4. The highest BCUT2D eigenvalue weighted by Gasteiger charge is 2.24. The number of hydrogen-bond acceptors (Lipinski definition) is 5. The molecule has 1 saturated carbocycles. The van der Waals surface area contributed by atoms with Gasteiger partial charge in [-0.3, -0.25) is 0 Å². The topological polar surface area (TPSA) is 90.1 Å². The Labute approximate surface area is 213 Å². The number of nitrogens with zero attached hydrogens (tertiary/aromatic N) is 7. The van der Waals surface area contributed by atoms with Crippen molar-refractivity contribution in [1.82, 2.24) is 40.0 Å². The van der Waals surface area contributed by atoms with E-state index in [1.807, 2.05) is 0 Å². The molecule has 1 aliphatic rings. The predicted octanol–water partition coefficient (Wildman–Crippen LogP) is 6.20. The van der Waals surface area contributed by atoms with E-state index in [1.54, 1.807) is 0 Å². The van der Waals surface area contributed by atoms with Gasteiger partial charge in [-0.1, -0.05) is 58.6 Å². The number of unbranched alkanes of at least 4 members (excludes halogenated alkanes) is 1. The Morgan fingerprint density at radius 1 is 1.06 bits per heavy atom. The van der Waals surface area contributed by atoms with Crippen molar-refractivity contribution in [3.05, 3.63) is 59.3 Å². The highest BCUT2D eigenvalue weighted by molar-refractivity contribution is 5.61. The van der Waals surface area contributed by atoms with Gasteiger partial charge >= 0.3 is 0 Å². The van der Waals surface area contributed by atoms with Crippen molar-refractivity contribution in [2.75, 3.05) is 0 Å². The minimum absolute atomic E-state index is 0.391. The Bertz CT molecular complexity index is 1230. The van der Waals surface area contributed by atoms with Gasteiger partial charge in [0.15, 0.2) is 5.82 Å². The second kappa shape index (κ2) is 11.2. The van der Waals surface area contributed by atoms with Crippen molar-refractivity contribution < 1.29 is 0 Å². The zero-order valence-corrected chi connectivity index (χ0v) is 21.8. The average Bonchev–Trinajstić information content (AvgIpc) is 3.68. The van der Waals surface area contributed by atoms with Gasteiger partial charge in [-0.15, -0.1) is 10.2 Å². The summed E-state index contributed by atoms with van der Waals surface area (Å²) in [5.41, 5.74) is 4.71. The molecule has 3 heterocycles. The van der Waals surface area contributed by atoms with Crippen LogP contribution in [-0.4, -0.2) is 40.0 Å². The summed E-state index contributed by atoms with van der Waals surface area (Å²) in [6.45, 7) is 7.39. The van der Waals surface area contributed by atoms with Crippen LogP contribution in [0.25, 0.3) is 17.2 Å². The molecule has 36 heavy (non-hydrogen) atoms. The van der Waals surface area contributed by atoms with E-state index in [0.29, 0.717) is 17.7 Å². The summed E-state index contributed by atoms with van der Waals surface area (Å²) < 4.78 is 4.32. The molecule has 5 rings (SSSR count). The fourth-order valence-corrected chi connectivity index (χ4v) is 5.35. The van der Waals surface area contributed by atoms with Crippen molar-refractivity contribution in [2.24, 2.45) is 0 Å². The molecule has 0 amide bonds. The van der Waals surface area contributed by atoms with E-state index in [4.69, 9.17) is 10.1 Å². The first-order valence-corrected chi connectivity index (χ1v) is 13.7. The number of aromatic nitrogens is 8. The third kappa shape index (κ3) is 5.13. The molecule has 1 N–H and O–H groups in total. The molecule has 1 aromatic carbocycles. The third-order valence-electron chi connectivity index (χ3n) is 7.62. The van der Waals surface area contributed by atoms with E-state index in [2.05, 4.69) is 87.2 Å². The van der Waals surface area contributed by atoms with Gasteiger partial charge in [0.05, 0.1) is 12.2 Å². The largest absolute Gasteiger partial charge is 0.313 e. The van der Waals surface area contributed by atoms with Gasteiger partial charge in [0.1, 0.15) is 5.82 Å². The zero-order valence-electron chi connectivity index (χ0n) is 21.8. The maximum atomic E-state index is 4.89. The number of hydrogen-bond donors (Lipinski definition) is 1. The van der Waals surface area contributed by atoms with Crippen LogP contribution in [0.5, 0.6) is 0 Å². The number of tetrazole rings is 1. The van der Waals surface area contributed by atoms with Crippen LogP contribution in [-0.2, 0) is 13.0 Å². The van der Waals surface area contributed by atoms with E-state index in [-0.39, 0.29) is 0 Å². The number of aromatic amines is 1. The molecule has 8 nitrogen and oxygen atoms in total. The van der Waals surface area contributed by atoms with E-state index in [9.17, 15) is 0 Å². The number of nitrogens with one attached hydrogen (secondary N) is 1. The monoisotopic (exact) mass is 486 g/mol. The van der Waals surface area contributed by atoms with Gasteiger partial charge in [0.25, 0.3) is 0 Å². The van der Waals surface area contributed by atoms with Gasteiger partial charge in [0.2, 0.25) is 5.82 Å². The van der Waals surface area contributed by atoms with E-state index >= 15 is 0 Å². The van der Waals surface area contributed by atoms with E-state index in [0.717, 1.165) is 55.3 Å². The minimum Gasteiger partial charge on any atom is -0.313 e. The standard InChI is InChI=1S/C28H38N8/c1-4-6-12-25-29-28(20(3)5-2)36(32-25)19-21-13-15-23(16-14-21)35-18-17-24(22-10-8-7-9-11-22)26(35)27-30-33-34-31-27/h13-18,20,22H,4-12,19H2,1-3H3,(H,30,31,33,34). The molecule has 0 spiro atoms. The molecule has 0 bridgehead atoms. The molecular weight excluding hydrogens is 448 g/mol. The maximum absolute atomic E-state index is 4.89. The van der Waals surface area contributed by atoms with Crippen LogP contribution in [0.2, 0.25) is 0 Å². The molecule has 1 unspecified atom stereocenters. The molecule has 0 aliphatic heterocycles. The zero-order chi connectivity index (χ0) is 24.9. The Hall–Kier alpha value is -3.29. The van der Waals surface area contributed by atoms with Crippen LogP contribution in [0, 0.1) is 0 Å². The van der Waals surface area contributed by atoms with Crippen LogP contribution in [0.1, 0.15) is 107 Å². The molecule has 8 heteroatoms. The number of aryl methyl sites for hydroxylation is 1. The number of benzene rings is 1. The van der Waals surface area contributed by atoms with Crippen LogP contribution >= 0.6 is 0 Å². The normalized spacial score (nSPS) is 15.4. The Kier molecular flexibility index (Phi) is 7.58. The second-order valence-corrected chi connectivity index (χ2v) is 10.2. The SMILES string of the molecule is CCCCc1nc(C(C)CC)n(Cc2ccc(-n3ccc(C4CCCCC4)c3-c3nn[nH]n3)cc2)n1. The van der Waals surface area contributed by atoms with Gasteiger partial charge in [-0.2, -0.15) is 10.3 Å². The summed E-state index contributed by atoms with van der Waals surface area (Å²) in [6, 6.07) is 11.0. The minimum atomic E-state index is 0.391. The molecule has 0 saturated heterocycles. The molecule has 4 aromatic rings. The number of H-pyrrole nitrogens is 1. The molecule has 1 aliphatic carbocycles. The summed E-state index contributed by atoms with van der Waals surface area (Å²) in [7, 11) is 0. The molecule has 0 radical (unpaired) electrons. The molecule has 1 atom stereocenters. The summed E-state index contributed by atoms with van der Waals surface area (Å²) >= 11 is 0. The molecule has 3 aromatic heterocycles. The fraction of sp³-hybridized carbons (Fsp3) is 0.536. The van der Waals surface area contributed by atoms with Crippen molar-refractivity contribution in [3.63, 3.8) is 0 Å². The highest BCUT2D eigenvalue weighted by Crippen LogP contribution is 2.38. The summed E-state index contributed by atoms with van der Waals surface area (Å²) in [6.07, 6.45) is 12.8. The second-order valence-electron chi connectivity index (χ2n) is 10.2. The fourth-order valence-electron chi connectivity index (χ4n) is 5.35. The maximum Gasteiger partial charge on any atom is 0.221 e. The lowest BCUT2D eigenvalue weighted by Gasteiger charge is -2.22. The summed E-state index contributed by atoms with van der Waals surface area (Å²) in [5, 5.41) is 20.0. The lowest BCUT2D eigenvalue weighted by Crippen LogP contribution is -2.10. The van der Waals surface area contributed by atoms with Crippen LogP contribution in [0.15, 0.2) is 36.5 Å². The van der Waals surface area contributed by atoms with Crippen LogP contribution in [0.3, 0.4) is 0 Å². The lowest BCUT2D eigenvalue weighted by atomic mass is 9.84. The molecule has 1 fully saturated rings. The number of rotatable bonds is 10. The first-order valence-electron chi connectivity index (χ1n) is 13.7. The summed E-state index contributed by atoms with van der Waals surface area (Å²) in [5.74, 6) is 3.67. The van der Waals surface area contributed by atoms with Crippen molar-refractivity contribution in [2.45, 2.75) is 96.9 Å². The first-order chi connectivity index (χ1) is 17.7. The van der Waals surface area contributed by atoms with Crippen molar-refractivity contribution >= 4 is 0 Å². The van der Waals surface area contributed by atoms with Crippen molar-refractivity contribution in [1.29, 1.82) is 0 Å². The van der Waals surface area contributed by atoms with E-state index in [1.165, 1.54) is 43.2 Å². The smallest absolute Gasteiger partial charge is 0.221 e. The Morgan fingerprint density at radius 2 is 1.86 bits per heavy atom. The lowest BCUT2D eigenvalue weighted by molar-refractivity contribution is 0.444. The third-order valence-corrected chi connectivity index (χ3v) is 7.62. The van der Waals surface area contributed by atoms with Crippen LogP contribution in [0.4, 0.5) is 0 Å². The van der Waals surface area contributed by atoms with Crippen molar-refractivity contribution in [3.8, 4) is 17.2 Å². The van der Waals surface area contributed by atoms with Gasteiger partial charge < -0.3 is 4.57 Å². The average molecular weight is 487 g/mol. The van der Waals surface area contributed by atoms with Gasteiger partial charge in [-0.25, -0.2) is 9.67 Å². The summed E-state index contributed by atoms with van der Waals surface area (Å²) in [4.78, 5) is 4.89. The van der Waals surface area contributed by atoms with Gasteiger partial charge in [0, 0.05) is 24.2 Å². The van der Waals surface area contributed by atoms with E-state index < -0.39 is 0 Å². The van der Waals surface area contributed by atoms with Gasteiger partial charge in [-0.05, 0) is 66.1 Å². The Balaban J connectivity index is 1.42.